The Hall–Kier alpha value is -1.59. The van der Waals surface area contributed by atoms with Crippen LogP contribution >= 0.6 is 11.8 Å². The molecule has 1 amide bonds. The molecule has 1 aliphatic rings. The minimum atomic E-state index is 0.115. The monoisotopic (exact) mass is 309 g/mol. The van der Waals surface area contributed by atoms with Gasteiger partial charge in [-0.3, -0.25) is 4.79 Å². The molecule has 0 N–H and O–H groups in total. The van der Waals surface area contributed by atoms with Crippen LogP contribution in [0, 0.1) is 18.3 Å². The van der Waals surface area contributed by atoms with E-state index in [0.717, 1.165) is 25.9 Å². The molecule has 2 heterocycles. The first kappa shape index (κ1) is 15.8. The maximum absolute atomic E-state index is 12.2. The second-order valence-electron chi connectivity index (χ2n) is 4.94. The van der Waals surface area contributed by atoms with E-state index in [1.807, 2.05) is 4.90 Å². The zero-order chi connectivity index (χ0) is 15.1. The summed E-state index contributed by atoms with van der Waals surface area (Å²) in [6.07, 6.45) is 7.24. The van der Waals surface area contributed by atoms with Crippen LogP contribution in [-0.2, 0) is 16.6 Å². The number of likely N-dealkylation sites (tertiary alicyclic amines) is 1. The Morgan fingerprint density at radius 1 is 1.62 bits per heavy atom. The quantitative estimate of drug-likeness (QED) is 0.424. The molecule has 7 nitrogen and oxygen atoms in total. The van der Waals surface area contributed by atoms with E-state index in [0.29, 0.717) is 30.0 Å². The second-order valence-corrected chi connectivity index (χ2v) is 5.88. The summed E-state index contributed by atoms with van der Waals surface area (Å²) < 4.78 is 6.94. The molecule has 0 aromatic carbocycles. The summed E-state index contributed by atoms with van der Waals surface area (Å²) in [5.74, 6) is 3.30. The highest BCUT2D eigenvalue weighted by Gasteiger charge is 2.24. The smallest absolute Gasteiger partial charge is 0.233 e. The number of thioether (sulfide) groups is 1. The topological polar surface area (TPSA) is 73.1 Å². The predicted octanol–water partition coefficient (Wildman–Crippen LogP) is 0.191. The molecule has 1 aliphatic heterocycles. The van der Waals surface area contributed by atoms with Crippen LogP contribution in [0.5, 0.6) is 0 Å². The van der Waals surface area contributed by atoms with E-state index >= 15 is 0 Å². The maximum atomic E-state index is 12.2. The molecular weight excluding hydrogens is 290 g/mol. The maximum Gasteiger partial charge on any atom is 0.233 e. The molecule has 1 fully saturated rings. The molecule has 21 heavy (non-hydrogen) atoms. The minimum absolute atomic E-state index is 0.115. The van der Waals surface area contributed by atoms with Gasteiger partial charge in [0.2, 0.25) is 11.1 Å². The Labute approximate surface area is 128 Å². The van der Waals surface area contributed by atoms with E-state index in [4.69, 9.17) is 11.2 Å². The fraction of sp³-hybridized carbons (Fsp3) is 0.692. The Bertz CT molecular complexity index is 513. The Morgan fingerprint density at radius 2 is 2.48 bits per heavy atom. The van der Waals surface area contributed by atoms with Crippen molar-refractivity contribution in [3.63, 3.8) is 0 Å². The van der Waals surface area contributed by atoms with Crippen molar-refractivity contribution in [2.75, 3.05) is 32.1 Å². The molecule has 1 aromatic rings. The molecule has 1 saturated heterocycles. The van der Waals surface area contributed by atoms with Crippen LogP contribution in [-0.4, -0.2) is 63.1 Å². The van der Waals surface area contributed by atoms with Crippen molar-refractivity contribution in [1.82, 2.24) is 25.1 Å². The van der Waals surface area contributed by atoms with Crippen molar-refractivity contribution in [2.45, 2.75) is 18.0 Å². The molecule has 0 aliphatic carbocycles. The number of carbonyl (C=O) groups excluding carboxylic acids is 1. The first-order chi connectivity index (χ1) is 10.2. The van der Waals surface area contributed by atoms with Crippen LogP contribution in [0.4, 0.5) is 0 Å². The zero-order valence-corrected chi connectivity index (χ0v) is 12.9. The summed E-state index contributed by atoms with van der Waals surface area (Å²) in [6, 6.07) is 0. The average Bonchev–Trinajstić information content (AvgIpc) is 2.91. The van der Waals surface area contributed by atoms with Gasteiger partial charge in [0.05, 0.1) is 12.4 Å². The van der Waals surface area contributed by atoms with Gasteiger partial charge >= 0.3 is 0 Å². The van der Waals surface area contributed by atoms with E-state index in [-0.39, 0.29) is 5.91 Å². The van der Waals surface area contributed by atoms with Crippen molar-refractivity contribution in [2.24, 2.45) is 13.0 Å². The summed E-state index contributed by atoms with van der Waals surface area (Å²) >= 11 is 1.36. The van der Waals surface area contributed by atoms with E-state index < -0.39 is 0 Å². The highest BCUT2D eigenvalue weighted by atomic mass is 32.2. The lowest BCUT2D eigenvalue weighted by molar-refractivity contribution is -0.130. The molecule has 1 aromatic heterocycles. The number of nitrogens with zero attached hydrogens (tertiary/aromatic N) is 5. The van der Waals surface area contributed by atoms with E-state index in [2.05, 4.69) is 21.4 Å². The SMILES string of the molecule is C#CCOCC1CCCN(C(=O)CSc2nnnn2C)C1. The molecule has 1 atom stereocenters. The van der Waals surface area contributed by atoms with Gasteiger partial charge in [0, 0.05) is 20.1 Å². The van der Waals surface area contributed by atoms with Gasteiger partial charge in [-0.25, -0.2) is 4.68 Å². The first-order valence-corrected chi connectivity index (χ1v) is 7.83. The fourth-order valence-corrected chi connectivity index (χ4v) is 3.03. The molecule has 0 spiro atoms. The number of hydrogen-bond acceptors (Lipinski definition) is 6. The third-order valence-electron chi connectivity index (χ3n) is 3.32. The van der Waals surface area contributed by atoms with Gasteiger partial charge in [0.25, 0.3) is 0 Å². The Balaban J connectivity index is 1.76. The fourth-order valence-electron chi connectivity index (χ4n) is 2.27. The Kier molecular flexibility index (Phi) is 6.02. The number of terminal acetylenes is 1. The Morgan fingerprint density at radius 3 is 3.19 bits per heavy atom. The molecule has 2 rings (SSSR count). The van der Waals surface area contributed by atoms with E-state index in [9.17, 15) is 4.79 Å². The molecule has 0 bridgehead atoms. The number of ether oxygens (including phenoxy) is 1. The van der Waals surface area contributed by atoms with Gasteiger partial charge < -0.3 is 9.64 Å². The van der Waals surface area contributed by atoms with Crippen LogP contribution in [0.15, 0.2) is 5.16 Å². The summed E-state index contributed by atoms with van der Waals surface area (Å²) in [5.41, 5.74) is 0. The summed E-state index contributed by atoms with van der Waals surface area (Å²) in [5, 5.41) is 11.8. The van der Waals surface area contributed by atoms with Gasteiger partial charge in [-0.2, -0.15) is 0 Å². The third kappa shape index (κ3) is 4.72. The number of rotatable bonds is 6. The number of carbonyl (C=O) groups is 1. The van der Waals surface area contributed by atoms with Crippen molar-refractivity contribution >= 4 is 17.7 Å². The molecule has 0 radical (unpaired) electrons. The van der Waals surface area contributed by atoms with Crippen LogP contribution in [0.3, 0.4) is 0 Å². The molecule has 114 valence electrons. The lowest BCUT2D eigenvalue weighted by Gasteiger charge is -2.32. The van der Waals surface area contributed by atoms with Gasteiger partial charge in [-0.15, -0.1) is 11.5 Å². The van der Waals surface area contributed by atoms with Gasteiger partial charge in [-0.05, 0) is 29.2 Å². The van der Waals surface area contributed by atoms with Gasteiger partial charge in [0.15, 0.2) is 0 Å². The van der Waals surface area contributed by atoms with Crippen LogP contribution in [0.25, 0.3) is 0 Å². The standard InChI is InChI=1S/C13H19N5O2S/c1-3-7-20-9-11-5-4-6-18(8-11)12(19)10-21-13-14-15-16-17(13)2/h1,11H,4-10H2,2H3. The predicted molar refractivity (Wildman–Crippen MR) is 78.5 cm³/mol. The normalized spacial score (nSPS) is 18.5. The van der Waals surface area contributed by atoms with Crippen molar-refractivity contribution in [3.8, 4) is 12.3 Å². The number of aromatic nitrogens is 4. The molecule has 8 heteroatoms. The number of piperidine rings is 1. The number of amides is 1. The van der Waals surface area contributed by atoms with Crippen molar-refractivity contribution < 1.29 is 9.53 Å². The first-order valence-electron chi connectivity index (χ1n) is 6.85. The number of aryl methyl sites for hydroxylation is 1. The van der Waals surface area contributed by atoms with Crippen LogP contribution in [0.2, 0.25) is 0 Å². The number of hydrogen-bond donors (Lipinski definition) is 0. The molecule has 0 saturated carbocycles. The second kappa shape index (κ2) is 8.00. The van der Waals surface area contributed by atoms with Crippen molar-refractivity contribution in [3.05, 3.63) is 0 Å². The van der Waals surface area contributed by atoms with Crippen molar-refractivity contribution in [1.29, 1.82) is 0 Å². The van der Waals surface area contributed by atoms with Gasteiger partial charge in [0.1, 0.15) is 6.61 Å². The lowest BCUT2D eigenvalue weighted by Crippen LogP contribution is -2.42. The summed E-state index contributed by atoms with van der Waals surface area (Å²) in [6.45, 7) is 2.50. The third-order valence-corrected chi connectivity index (χ3v) is 4.31. The summed E-state index contributed by atoms with van der Waals surface area (Å²) in [7, 11) is 1.76. The van der Waals surface area contributed by atoms with E-state index in [1.54, 1.807) is 11.7 Å². The largest absolute Gasteiger partial charge is 0.368 e. The highest BCUT2D eigenvalue weighted by Crippen LogP contribution is 2.19. The molecule has 1 unspecified atom stereocenters. The molecular formula is C13H19N5O2S. The zero-order valence-electron chi connectivity index (χ0n) is 12.1. The van der Waals surface area contributed by atoms with Gasteiger partial charge in [-0.1, -0.05) is 17.7 Å². The minimum Gasteiger partial charge on any atom is -0.368 e. The lowest BCUT2D eigenvalue weighted by atomic mass is 9.99. The number of tetrazole rings is 1. The van der Waals surface area contributed by atoms with Crippen LogP contribution < -0.4 is 0 Å². The van der Waals surface area contributed by atoms with Crippen LogP contribution in [0.1, 0.15) is 12.8 Å². The highest BCUT2D eigenvalue weighted by molar-refractivity contribution is 7.99. The average molecular weight is 309 g/mol. The van der Waals surface area contributed by atoms with E-state index in [1.165, 1.54) is 11.8 Å². The summed E-state index contributed by atoms with van der Waals surface area (Å²) in [4.78, 5) is 14.1.